The summed E-state index contributed by atoms with van der Waals surface area (Å²) in [6, 6.07) is 6.89. The molecule has 0 aliphatic rings. The number of Topliss-reactive ketones (excluding diaryl/α,β-unsaturated/α-hetero) is 1. The number of hydrogen-bond donors (Lipinski definition) is 1. The topological polar surface area (TPSA) is 72.2 Å². The Bertz CT molecular complexity index is 644. The van der Waals surface area contributed by atoms with E-state index in [1.807, 2.05) is 30.7 Å². The van der Waals surface area contributed by atoms with E-state index in [0.29, 0.717) is 5.56 Å². The Hall–Kier alpha value is -2.43. The molecule has 2 aromatic rings. The van der Waals surface area contributed by atoms with Crippen molar-refractivity contribution < 1.29 is 14.7 Å². The number of carbonyl (C=O) groups is 2. The number of benzene rings is 1. The summed E-state index contributed by atoms with van der Waals surface area (Å²) >= 11 is 0. The molecular formula is C14H14N2O3. The summed E-state index contributed by atoms with van der Waals surface area (Å²) in [6.45, 7) is 3.77. The van der Waals surface area contributed by atoms with Crippen LogP contribution < -0.4 is 0 Å². The monoisotopic (exact) mass is 258 g/mol. The first-order chi connectivity index (χ1) is 8.97. The number of ketones is 1. The number of aromatic nitrogens is 2. The second-order valence-corrected chi connectivity index (χ2v) is 4.34. The van der Waals surface area contributed by atoms with Crippen molar-refractivity contribution in [2.45, 2.75) is 20.3 Å². The van der Waals surface area contributed by atoms with Crippen molar-refractivity contribution in [1.29, 1.82) is 0 Å². The van der Waals surface area contributed by atoms with Crippen LogP contribution in [0.1, 0.15) is 28.3 Å². The van der Waals surface area contributed by atoms with Crippen LogP contribution in [0.25, 0.3) is 5.69 Å². The number of aliphatic carboxylic acids is 1. The molecule has 0 bridgehead atoms. The summed E-state index contributed by atoms with van der Waals surface area (Å²) in [7, 11) is 0. The molecule has 0 atom stereocenters. The summed E-state index contributed by atoms with van der Waals surface area (Å²) in [6.07, 6.45) is 1.38. The minimum Gasteiger partial charge on any atom is -0.481 e. The quantitative estimate of drug-likeness (QED) is 0.673. The zero-order valence-electron chi connectivity index (χ0n) is 10.8. The second kappa shape index (κ2) is 5.06. The average Bonchev–Trinajstić information content (AvgIpc) is 2.68. The van der Waals surface area contributed by atoms with E-state index in [2.05, 4.69) is 4.98 Å². The number of rotatable bonds is 4. The molecule has 0 fully saturated rings. The highest BCUT2D eigenvalue weighted by atomic mass is 16.4. The SMILES string of the molecule is Cc1cn(-c2cccc(C(=O)CC(=O)O)c2)c(C)n1. The molecule has 1 aromatic carbocycles. The van der Waals surface area contributed by atoms with Gasteiger partial charge in [-0.25, -0.2) is 4.98 Å². The molecule has 19 heavy (non-hydrogen) atoms. The van der Waals surface area contributed by atoms with Gasteiger partial charge in [0, 0.05) is 17.4 Å². The van der Waals surface area contributed by atoms with Gasteiger partial charge in [0.1, 0.15) is 12.2 Å². The molecule has 5 nitrogen and oxygen atoms in total. The fourth-order valence-electron chi connectivity index (χ4n) is 1.95. The summed E-state index contributed by atoms with van der Waals surface area (Å²) < 4.78 is 1.87. The molecule has 5 heteroatoms. The molecule has 0 radical (unpaired) electrons. The van der Waals surface area contributed by atoms with Crippen LogP contribution in [0.5, 0.6) is 0 Å². The number of carbonyl (C=O) groups excluding carboxylic acids is 1. The van der Waals surface area contributed by atoms with Crippen LogP contribution in [-0.4, -0.2) is 26.4 Å². The molecule has 98 valence electrons. The molecule has 2 rings (SSSR count). The minimum atomic E-state index is -1.12. The summed E-state index contributed by atoms with van der Waals surface area (Å²) in [5.74, 6) is -0.700. The number of aryl methyl sites for hydroxylation is 2. The lowest BCUT2D eigenvalue weighted by Crippen LogP contribution is -2.07. The number of carboxylic acid groups (broad SMARTS) is 1. The van der Waals surface area contributed by atoms with E-state index >= 15 is 0 Å². The van der Waals surface area contributed by atoms with E-state index in [9.17, 15) is 9.59 Å². The maximum absolute atomic E-state index is 11.7. The largest absolute Gasteiger partial charge is 0.481 e. The van der Waals surface area contributed by atoms with Crippen LogP contribution >= 0.6 is 0 Å². The number of carboxylic acids is 1. The van der Waals surface area contributed by atoms with Gasteiger partial charge in [-0.3, -0.25) is 9.59 Å². The highest BCUT2D eigenvalue weighted by molar-refractivity contribution is 6.05. The van der Waals surface area contributed by atoms with Crippen LogP contribution in [-0.2, 0) is 4.79 Å². The molecule has 0 unspecified atom stereocenters. The molecule has 1 aromatic heterocycles. The third-order valence-corrected chi connectivity index (χ3v) is 2.76. The van der Waals surface area contributed by atoms with Gasteiger partial charge in [-0.15, -0.1) is 0 Å². The van der Waals surface area contributed by atoms with Crippen LogP contribution in [0.3, 0.4) is 0 Å². The average molecular weight is 258 g/mol. The summed E-state index contributed by atoms with van der Waals surface area (Å²) in [4.78, 5) is 26.6. The molecule has 1 N–H and O–H groups in total. The molecule has 0 saturated heterocycles. The fraction of sp³-hybridized carbons (Fsp3) is 0.214. The van der Waals surface area contributed by atoms with Crippen LogP contribution in [0, 0.1) is 13.8 Å². The van der Waals surface area contributed by atoms with Gasteiger partial charge in [-0.2, -0.15) is 0 Å². The Labute approximate surface area is 110 Å². The van der Waals surface area contributed by atoms with Crippen molar-refractivity contribution in [1.82, 2.24) is 9.55 Å². The Morgan fingerprint density at radius 3 is 2.63 bits per heavy atom. The van der Waals surface area contributed by atoms with Crippen LogP contribution in [0.2, 0.25) is 0 Å². The first-order valence-corrected chi connectivity index (χ1v) is 5.85. The lowest BCUT2D eigenvalue weighted by atomic mass is 10.1. The van der Waals surface area contributed by atoms with Crippen LogP contribution in [0.15, 0.2) is 30.5 Å². The zero-order valence-corrected chi connectivity index (χ0v) is 10.8. The Morgan fingerprint density at radius 2 is 2.05 bits per heavy atom. The number of hydrogen-bond acceptors (Lipinski definition) is 3. The molecule has 0 spiro atoms. The first-order valence-electron chi connectivity index (χ1n) is 5.85. The minimum absolute atomic E-state index is 0.394. The van der Waals surface area contributed by atoms with Gasteiger partial charge in [-0.1, -0.05) is 12.1 Å². The van der Waals surface area contributed by atoms with Crippen LogP contribution in [0.4, 0.5) is 0 Å². The van der Waals surface area contributed by atoms with E-state index < -0.39 is 18.2 Å². The molecule has 0 aliphatic carbocycles. The van der Waals surface area contributed by atoms with Gasteiger partial charge < -0.3 is 9.67 Å². The van der Waals surface area contributed by atoms with Crippen molar-refractivity contribution in [3.63, 3.8) is 0 Å². The van der Waals surface area contributed by atoms with Gasteiger partial charge in [0.2, 0.25) is 0 Å². The Kier molecular flexibility index (Phi) is 3.46. The molecule has 0 aliphatic heterocycles. The summed E-state index contributed by atoms with van der Waals surface area (Å²) in [5, 5.41) is 8.64. The third kappa shape index (κ3) is 2.88. The standard InChI is InChI=1S/C14H14N2O3/c1-9-8-16(10(2)15-9)12-5-3-4-11(6-12)13(17)7-14(18)19/h3-6,8H,7H2,1-2H3,(H,18,19). The highest BCUT2D eigenvalue weighted by Crippen LogP contribution is 2.15. The van der Waals surface area contributed by atoms with Crippen molar-refractivity contribution in [3.8, 4) is 5.69 Å². The van der Waals surface area contributed by atoms with Gasteiger partial charge in [0.25, 0.3) is 0 Å². The molecule has 0 saturated carbocycles. The van der Waals surface area contributed by atoms with Gasteiger partial charge >= 0.3 is 5.97 Å². The third-order valence-electron chi connectivity index (χ3n) is 2.76. The lowest BCUT2D eigenvalue weighted by Gasteiger charge is -2.06. The Morgan fingerprint density at radius 1 is 1.32 bits per heavy atom. The molecule has 0 amide bonds. The lowest BCUT2D eigenvalue weighted by molar-refractivity contribution is -0.135. The van der Waals surface area contributed by atoms with Crippen molar-refractivity contribution in [2.24, 2.45) is 0 Å². The van der Waals surface area contributed by atoms with Crippen molar-refractivity contribution >= 4 is 11.8 Å². The smallest absolute Gasteiger partial charge is 0.311 e. The van der Waals surface area contributed by atoms with Crippen molar-refractivity contribution in [3.05, 3.63) is 47.5 Å². The molecular weight excluding hydrogens is 244 g/mol. The predicted molar refractivity (Wildman–Crippen MR) is 69.6 cm³/mol. The van der Waals surface area contributed by atoms with E-state index in [1.54, 1.807) is 18.2 Å². The first kappa shape index (κ1) is 13.0. The normalized spacial score (nSPS) is 10.4. The molecule has 1 heterocycles. The fourth-order valence-corrected chi connectivity index (χ4v) is 1.95. The number of imidazole rings is 1. The van der Waals surface area contributed by atoms with Gasteiger partial charge in [0.05, 0.1) is 5.69 Å². The highest BCUT2D eigenvalue weighted by Gasteiger charge is 2.12. The Balaban J connectivity index is 2.37. The predicted octanol–water partition coefficient (Wildman–Crippen LogP) is 2.15. The van der Waals surface area contributed by atoms with E-state index in [1.165, 1.54) is 0 Å². The number of nitrogens with zero attached hydrogens (tertiary/aromatic N) is 2. The summed E-state index contributed by atoms with van der Waals surface area (Å²) in [5.41, 5.74) is 2.08. The van der Waals surface area contributed by atoms with Gasteiger partial charge in [0.15, 0.2) is 5.78 Å². The maximum atomic E-state index is 11.7. The second-order valence-electron chi connectivity index (χ2n) is 4.34. The van der Waals surface area contributed by atoms with E-state index in [4.69, 9.17) is 5.11 Å². The zero-order chi connectivity index (χ0) is 14.0. The van der Waals surface area contributed by atoms with E-state index in [-0.39, 0.29) is 0 Å². The van der Waals surface area contributed by atoms with E-state index in [0.717, 1.165) is 17.2 Å². The van der Waals surface area contributed by atoms with Crippen molar-refractivity contribution in [2.75, 3.05) is 0 Å². The van der Waals surface area contributed by atoms with Gasteiger partial charge in [-0.05, 0) is 26.0 Å². The maximum Gasteiger partial charge on any atom is 0.311 e.